The van der Waals surface area contributed by atoms with E-state index in [2.05, 4.69) is 12.7 Å². The number of hydrogen-bond donors (Lipinski definition) is 1. The Morgan fingerprint density at radius 3 is 2.18 bits per heavy atom. The smallest absolute Gasteiger partial charge is 0.118 e. The van der Waals surface area contributed by atoms with Gasteiger partial charge < -0.3 is 10.5 Å². The zero-order valence-electron chi connectivity index (χ0n) is 7.00. The van der Waals surface area contributed by atoms with E-state index in [0.29, 0.717) is 6.04 Å². The third-order valence-corrected chi connectivity index (χ3v) is 1.68. The van der Waals surface area contributed by atoms with Crippen LogP contribution in [0.5, 0.6) is 5.75 Å². The minimum atomic E-state index is 0.348. The average Bonchev–Trinajstić information content (AvgIpc) is 2.05. The van der Waals surface area contributed by atoms with Crippen LogP contribution in [0.25, 0.3) is 0 Å². The van der Waals surface area contributed by atoms with Crippen LogP contribution < -0.4 is 10.5 Å². The second-order valence-corrected chi connectivity index (χ2v) is 2.67. The quantitative estimate of drug-likeness (QED) is 0.674. The van der Waals surface area contributed by atoms with Crippen molar-refractivity contribution in [3.8, 4) is 5.75 Å². The van der Waals surface area contributed by atoms with Crippen molar-refractivity contribution in [3.63, 3.8) is 0 Å². The van der Waals surface area contributed by atoms with Crippen LogP contribution in [0.1, 0.15) is 18.5 Å². The van der Waals surface area contributed by atoms with Crippen LogP contribution in [0.15, 0.2) is 24.3 Å². The van der Waals surface area contributed by atoms with Gasteiger partial charge in [0.1, 0.15) is 11.8 Å². The molecule has 0 fully saturated rings. The molecular weight excluding hydrogens is 138 g/mol. The van der Waals surface area contributed by atoms with Crippen LogP contribution >= 0.6 is 0 Å². The van der Waals surface area contributed by atoms with Crippen LogP contribution in [0, 0.1) is 0 Å². The zero-order valence-corrected chi connectivity index (χ0v) is 7.00. The molecule has 1 aromatic rings. The summed E-state index contributed by atoms with van der Waals surface area (Å²) in [6.45, 7) is 2.07. The van der Waals surface area contributed by atoms with Crippen molar-refractivity contribution >= 4 is 0 Å². The summed E-state index contributed by atoms with van der Waals surface area (Å²) in [6.07, 6.45) is 0. The normalized spacial score (nSPS) is 12.6. The lowest BCUT2D eigenvalue weighted by Gasteiger charge is -2.03. The number of rotatable bonds is 2. The molecule has 1 rings (SSSR count). The van der Waals surface area contributed by atoms with E-state index in [1.807, 2.05) is 24.3 Å². The Bertz CT molecular complexity index is 216. The lowest BCUT2D eigenvalue weighted by molar-refractivity contribution is -0.420. The summed E-state index contributed by atoms with van der Waals surface area (Å²) >= 11 is 0. The Morgan fingerprint density at radius 1 is 1.27 bits per heavy atom. The van der Waals surface area contributed by atoms with E-state index in [1.54, 1.807) is 7.11 Å². The highest BCUT2D eigenvalue weighted by molar-refractivity contribution is 5.27. The molecule has 0 spiro atoms. The Hall–Kier alpha value is -1.02. The summed E-state index contributed by atoms with van der Waals surface area (Å²) in [6, 6.07) is 8.34. The molecule has 2 nitrogen and oxygen atoms in total. The molecule has 60 valence electrons. The van der Waals surface area contributed by atoms with Crippen molar-refractivity contribution in [1.82, 2.24) is 0 Å². The number of hydrogen-bond acceptors (Lipinski definition) is 1. The van der Waals surface area contributed by atoms with Gasteiger partial charge in [0.25, 0.3) is 0 Å². The maximum atomic E-state index is 5.03. The van der Waals surface area contributed by atoms with Gasteiger partial charge in [0.15, 0.2) is 0 Å². The molecular formula is C9H14NO+. The molecule has 0 amide bonds. The van der Waals surface area contributed by atoms with Crippen LogP contribution in [0.3, 0.4) is 0 Å². The summed E-state index contributed by atoms with van der Waals surface area (Å²) in [7, 11) is 1.67. The standard InChI is InChI=1S/C9H13NO/c1-7(10)8-3-5-9(11-2)6-4-8/h3-7H,10H2,1-2H3/p+1/t7-/m1/s1. The highest BCUT2D eigenvalue weighted by Crippen LogP contribution is 2.14. The molecule has 1 aromatic carbocycles. The molecule has 0 aliphatic heterocycles. The highest BCUT2D eigenvalue weighted by Gasteiger charge is 2.00. The fourth-order valence-corrected chi connectivity index (χ4v) is 0.932. The molecule has 0 radical (unpaired) electrons. The third kappa shape index (κ3) is 1.95. The van der Waals surface area contributed by atoms with Gasteiger partial charge in [-0.3, -0.25) is 0 Å². The largest absolute Gasteiger partial charge is 0.497 e. The van der Waals surface area contributed by atoms with E-state index in [1.165, 1.54) is 5.56 Å². The van der Waals surface area contributed by atoms with Gasteiger partial charge in [-0.05, 0) is 31.2 Å². The van der Waals surface area contributed by atoms with Crippen molar-refractivity contribution in [1.29, 1.82) is 0 Å². The summed E-state index contributed by atoms with van der Waals surface area (Å²) in [4.78, 5) is 0. The molecule has 11 heavy (non-hydrogen) atoms. The van der Waals surface area contributed by atoms with Gasteiger partial charge in [0.2, 0.25) is 0 Å². The first-order valence-corrected chi connectivity index (χ1v) is 3.71. The molecule has 0 aliphatic carbocycles. The Labute approximate surface area is 67.0 Å². The Morgan fingerprint density at radius 2 is 1.82 bits per heavy atom. The fourth-order valence-electron chi connectivity index (χ4n) is 0.932. The molecule has 0 aromatic heterocycles. The molecule has 3 N–H and O–H groups in total. The lowest BCUT2D eigenvalue weighted by atomic mass is 10.1. The molecule has 0 unspecified atom stereocenters. The van der Waals surface area contributed by atoms with Crippen LogP contribution in [0.2, 0.25) is 0 Å². The lowest BCUT2D eigenvalue weighted by Crippen LogP contribution is -2.51. The van der Waals surface area contributed by atoms with Crippen molar-refractivity contribution in [3.05, 3.63) is 29.8 Å². The first-order valence-electron chi connectivity index (χ1n) is 3.71. The maximum absolute atomic E-state index is 5.03. The van der Waals surface area contributed by atoms with Gasteiger partial charge in [0, 0.05) is 5.56 Å². The maximum Gasteiger partial charge on any atom is 0.118 e. The van der Waals surface area contributed by atoms with Crippen LogP contribution in [-0.2, 0) is 0 Å². The second kappa shape index (κ2) is 3.39. The predicted molar refractivity (Wildman–Crippen MR) is 44.3 cm³/mol. The van der Waals surface area contributed by atoms with Gasteiger partial charge >= 0.3 is 0 Å². The topological polar surface area (TPSA) is 36.9 Å². The van der Waals surface area contributed by atoms with E-state index in [9.17, 15) is 0 Å². The minimum absolute atomic E-state index is 0.348. The number of quaternary nitrogens is 1. The molecule has 0 saturated heterocycles. The fraction of sp³-hybridized carbons (Fsp3) is 0.333. The number of methoxy groups -OCH3 is 1. The zero-order chi connectivity index (χ0) is 8.27. The van der Waals surface area contributed by atoms with Crippen molar-refractivity contribution in [2.24, 2.45) is 0 Å². The minimum Gasteiger partial charge on any atom is -0.497 e. The van der Waals surface area contributed by atoms with Gasteiger partial charge in [-0.2, -0.15) is 0 Å². The van der Waals surface area contributed by atoms with E-state index in [4.69, 9.17) is 4.74 Å². The first-order chi connectivity index (χ1) is 5.24. The van der Waals surface area contributed by atoms with E-state index in [0.717, 1.165) is 5.75 Å². The third-order valence-electron chi connectivity index (χ3n) is 1.68. The number of ether oxygens (including phenoxy) is 1. The second-order valence-electron chi connectivity index (χ2n) is 2.67. The summed E-state index contributed by atoms with van der Waals surface area (Å²) in [5, 5.41) is 0. The number of benzene rings is 1. The van der Waals surface area contributed by atoms with Gasteiger partial charge in [-0.1, -0.05) is 0 Å². The first kappa shape index (κ1) is 8.08. The van der Waals surface area contributed by atoms with Crippen LogP contribution in [0.4, 0.5) is 0 Å². The molecule has 0 saturated carbocycles. The van der Waals surface area contributed by atoms with Gasteiger partial charge in [-0.25, -0.2) is 0 Å². The molecule has 0 aliphatic rings. The summed E-state index contributed by atoms with van der Waals surface area (Å²) in [5.74, 6) is 0.898. The van der Waals surface area contributed by atoms with E-state index < -0.39 is 0 Å². The van der Waals surface area contributed by atoms with Crippen molar-refractivity contribution in [2.75, 3.05) is 7.11 Å². The van der Waals surface area contributed by atoms with Crippen molar-refractivity contribution < 1.29 is 10.5 Å². The highest BCUT2D eigenvalue weighted by atomic mass is 16.5. The Balaban J connectivity index is 2.83. The molecule has 0 bridgehead atoms. The Kier molecular flexibility index (Phi) is 2.49. The summed E-state index contributed by atoms with van der Waals surface area (Å²) in [5.41, 5.74) is 5.16. The SMILES string of the molecule is COc1ccc([C@@H](C)[NH3+])cc1. The van der Waals surface area contributed by atoms with Gasteiger partial charge in [0.05, 0.1) is 7.11 Å². The monoisotopic (exact) mass is 152 g/mol. The van der Waals surface area contributed by atoms with E-state index >= 15 is 0 Å². The van der Waals surface area contributed by atoms with E-state index in [-0.39, 0.29) is 0 Å². The average molecular weight is 152 g/mol. The van der Waals surface area contributed by atoms with Gasteiger partial charge in [-0.15, -0.1) is 0 Å². The predicted octanol–water partition coefficient (Wildman–Crippen LogP) is 0.998. The molecule has 0 heterocycles. The molecule has 1 atom stereocenters. The van der Waals surface area contributed by atoms with Crippen molar-refractivity contribution in [2.45, 2.75) is 13.0 Å². The van der Waals surface area contributed by atoms with Crippen LogP contribution in [-0.4, -0.2) is 7.11 Å². The molecule has 2 heteroatoms. The summed E-state index contributed by atoms with van der Waals surface area (Å²) < 4.78 is 5.03.